The summed E-state index contributed by atoms with van der Waals surface area (Å²) in [7, 11) is 0. The number of amides is 1. The molecule has 4 rings (SSSR count). The number of hydrogen-bond donors (Lipinski definition) is 0. The fourth-order valence-corrected chi connectivity index (χ4v) is 3.53. The van der Waals surface area contributed by atoms with Crippen LogP contribution in [0.3, 0.4) is 0 Å². The Morgan fingerprint density at radius 1 is 0.857 bits per heavy atom. The van der Waals surface area contributed by atoms with Gasteiger partial charge in [-0.3, -0.25) is 14.5 Å². The van der Waals surface area contributed by atoms with E-state index >= 15 is 0 Å². The van der Waals surface area contributed by atoms with Crippen molar-refractivity contribution in [3.63, 3.8) is 0 Å². The first-order valence-corrected chi connectivity index (χ1v) is 9.53. The molecule has 2 aliphatic heterocycles. The molecule has 0 atom stereocenters. The molecule has 1 amide bonds. The van der Waals surface area contributed by atoms with Crippen molar-refractivity contribution in [2.45, 2.75) is 13.8 Å². The van der Waals surface area contributed by atoms with Gasteiger partial charge in [-0.15, -0.1) is 0 Å². The smallest absolute Gasteiger partial charge is 0.253 e. The molecule has 0 saturated carbocycles. The maximum Gasteiger partial charge on any atom is 0.253 e. The molecule has 0 aliphatic carbocycles. The molecule has 2 aliphatic rings. The summed E-state index contributed by atoms with van der Waals surface area (Å²) in [5.41, 5.74) is 3.66. The summed E-state index contributed by atoms with van der Waals surface area (Å²) in [4.78, 5) is 29.3. The van der Waals surface area contributed by atoms with Crippen molar-refractivity contribution in [1.29, 1.82) is 0 Å². The topological polar surface area (TPSA) is 59.1 Å². The van der Waals surface area contributed by atoms with Crippen molar-refractivity contribution in [2.24, 2.45) is 0 Å². The molecule has 1 fully saturated rings. The zero-order valence-electron chi connectivity index (χ0n) is 16.2. The highest BCUT2D eigenvalue weighted by atomic mass is 16.7. The SMILES string of the molecule is Cc1ccc(C(=O)N2CCN(CC(=O)c3ccc4c(c3)OCO4)CC2)cc1C. The van der Waals surface area contributed by atoms with E-state index in [-0.39, 0.29) is 18.5 Å². The number of aryl methyl sites for hydroxylation is 2. The Kier molecular flexibility index (Phi) is 5.05. The maximum absolute atomic E-state index is 12.7. The number of benzene rings is 2. The van der Waals surface area contributed by atoms with Crippen molar-refractivity contribution in [1.82, 2.24) is 9.80 Å². The number of ether oxygens (including phenoxy) is 2. The van der Waals surface area contributed by atoms with Crippen molar-refractivity contribution >= 4 is 11.7 Å². The lowest BCUT2D eigenvalue weighted by molar-refractivity contribution is 0.0624. The second-order valence-electron chi connectivity index (χ2n) is 7.36. The van der Waals surface area contributed by atoms with Crippen LogP contribution in [0.25, 0.3) is 0 Å². The zero-order valence-corrected chi connectivity index (χ0v) is 16.2. The Hall–Kier alpha value is -2.86. The first-order valence-electron chi connectivity index (χ1n) is 9.53. The summed E-state index contributed by atoms with van der Waals surface area (Å²) in [6.45, 7) is 7.22. The molecule has 6 heteroatoms. The second kappa shape index (κ2) is 7.64. The number of rotatable bonds is 4. The van der Waals surface area contributed by atoms with Gasteiger partial charge in [-0.25, -0.2) is 0 Å². The van der Waals surface area contributed by atoms with Gasteiger partial charge in [-0.1, -0.05) is 6.07 Å². The van der Waals surface area contributed by atoms with Crippen LogP contribution >= 0.6 is 0 Å². The number of piperazine rings is 1. The lowest BCUT2D eigenvalue weighted by Crippen LogP contribution is -2.49. The fourth-order valence-electron chi connectivity index (χ4n) is 3.53. The highest BCUT2D eigenvalue weighted by molar-refractivity contribution is 5.98. The summed E-state index contributed by atoms with van der Waals surface area (Å²) in [6, 6.07) is 11.1. The number of fused-ring (bicyclic) bond motifs is 1. The molecular formula is C22H24N2O4. The Morgan fingerprint density at radius 3 is 2.32 bits per heavy atom. The second-order valence-corrected chi connectivity index (χ2v) is 7.36. The molecule has 2 aromatic carbocycles. The molecule has 146 valence electrons. The van der Waals surface area contributed by atoms with Gasteiger partial charge in [0.15, 0.2) is 17.3 Å². The van der Waals surface area contributed by atoms with Crippen molar-refractivity contribution in [2.75, 3.05) is 39.5 Å². The minimum absolute atomic E-state index is 0.0484. The van der Waals surface area contributed by atoms with Gasteiger partial charge in [0, 0.05) is 37.3 Å². The lowest BCUT2D eigenvalue weighted by Gasteiger charge is -2.34. The molecular weight excluding hydrogens is 356 g/mol. The summed E-state index contributed by atoms with van der Waals surface area (Å²) in [5.74, 6) is 1.40. The third-order valence-corrected chi connectivity index (χ3v) is 5.48. The normalized spacial score (nSPS) is 16.3. The van der Waals surface area contributed by atoms with Crippen LogP contribution in [0.15, 0.2) is 36.4 Å². The van der Waals surface area contributed by atoms with Crippen LogP contribution in [0.2, 0.25) is 0 Å². The number of carbonyl (C=O) groups is 2. The Morgan fingerprint density at radius 2 is 1.57 bits per heavy atom. The van der Waals surface area contributed by atoms with Gasteiger partial charge < -0.3 is 14.4 Å². The van der Waals surface area contributed by atoms with Crippen molar-refractivity contribution < 1.29 is 19.1 Å². The summed E-state index contributed by atoms with van der Waals surface area (Å²) in [6.07, 6.45) is 0. The Balaban J connectivity index is 1.33. The van der Waals surface area contributed by atoms with E-state index < -0.39 is 0 Å². The number of Topliss-reactive ketones (excluding diaryl/α,β-unsaturated/α-hetero) is 1. The molecule has 2 heterocycles. The molecule has 0 radical (unpaired) electrons. The van der Waals surface area contributed by atoms with Crippen LogP contribution in [-0.4, -0.2) is 61.0 Å². The van der Waals surface area contributed by atoms with E-state index in [2.05, 4.69) is 4.90 Å². The summed E-state index contributed by atoms with van der Waals surface area (Å²) in [5, 5.41) is 0. The first kappa shape index (κ1) is 18.5. The van der Waals surface area contributed by atoms with Gasteiger partial charge >= 0.3 is 0 Å². The van der Waals surface area contributed by atoms with Crippen LogP contribution in [-0.2, 0) is 0 Å². The van der Waals surface area contributed by atoms with E-state index in [1.54, 1.807) is 18.2 Å². The minimum Gasteiger partial charge on any atom is -0.454 e. The predicted molar refractivity (Wildman–Crippen MR) is 105 cm³/mol. The van der Waals surface area contributed by atoms with Crippen LogP contribution in [0.4, 0.5) is 0 Å². The minimum atomic E-state index is 0.0484. The zero-order chi connectivity index (χ0) is 19.7. The molecule has 0 spiro atoms. The fraction of sp³-hybridized carbons (Fsp3) is 0.364. The predicted octanol–water partition coefficient (Wildman–Crippen LogP) is 2.67. The number of ketones is 1. The summed E-state index contributed by atoms with van der Waals surface area (Å²) < 4.78 is 10.6. The van der Waals surface area contributed by atoms with Crippen LogP contribution < -0.4 is 9.47 Å². The van der Waals surface area contributed by atoms with Gasteiger partial charge in [0.05, 0.1) is 6.54 Å². The standard InChI is InChI=1S/C22H24N2O4/c1-15-3-4-18(11-16(15)2)22(26)24-9-7-23(8-10-24)13-19(25)17-5-6-20-21(12-17)28-14-27-20/h3-6,11-12H,7-10,13-14H2,1-2H3. The van der Waals surface area contributed by atoms with Crippen LogP contribution in [0.1, 0.15) is 31.8 Å². The molecule has 0 bridgehead atoms. The molecule has 0 aromatic heterocycles. The van der Waals surface area contributed by atoms with Crippen LogP contribution in [0, 0.1) is 13.8 Å². The average Bonchev–Trinajstić information content (AvgIpc) is 3.18. The Bertz CT molecular complexity index is 917. The summed E-state index contributed by atoms with van der Waals surface area (Å²) >= 11 is 0. The average molecular weight is 380 g/mol. The van der Waals surface area contributed by atoms with Gasteiger partial charge in [-0.05, 0) is 55.3 Å². The molecule has 1 saturated heterocycles. The Labute approximate surface area is 164 Å². The van der Waals surface area contributed by atoms with Gasteiger partial charge in [0.25, 0.3) is 5.91 Å². The van der Waals surface area contributed by atoms with E-state index in [9.17, 15) is 9.59 Å². The van der Waals surface area contributed by atoms with Gasteiger partial charge in [0.1, 0.15) is 0 Å². The third kappa shape index (κ3) is 3.73. The van der Waals surface area contributed by atoms with Crippen molar-refractivity contribution in [3.05, 3.63) is 58.7 Å². The van der Waals surface area contributed by atoms with E-state index in [4.69, 9.17) is 9.47 Å². The van der Waals surface area contributed by atoms with E-state index in [0.717, 1.165) is 11.1 Å². The molecule has 2 aromatic rings. The quantitative estimate of drug-likeness (QED) is 0.764. The van der Waals surface area contributed by atoms with E-state index in [1.807, 2.05) is 36.9 Å². The van der Waals surface area contributed by atoms with Gasteiger partial charge in [-0.2, -0.15) is 0 Å². The molecule has 0 unspecified atom stereocenters. The maximum atomic E-state index is 12.7. The van der Waals surface area contributed by atoms with Crippen LogP contribution in [0.5, 0.6) is 11.5 Å². The third-order valence-electron chi connectivity index (χ3n) is 5.48. The lowest BCUT2D eigenvalue weighted by atomic mass is 10.1. The van der Waals surface area contributed by atoms with Crippen molar-refractivity contribution in [3.8, 4) is 11.5 Å². The number of nitrogens with zero attached hydrogens (tertiary/aromatic N) is 2. The highest BCUT2D eigenvalue weighted by Crippen LogP contribution is 2.32. The largest absolute Gasteiger partial charge is 0.454 e. The molecule has 28 heavy (non-hydrogen) atoms. The molecule has 6 nitrogen and oxygen atoms in total. The number of carbonyl (C=O) groups excluding carboxylic acids is 2. The van der Waals surface area contributed by atoms with E-state index in [1.165, 1.54) is 5.56 Å². The van der Waals surface area contributed by atoms with Gasteiger partial charge in [0.2, 0.25) is 6.79 Å². The number of hydrogen-bond acceptors (Lipinski definition) is 5. The monoisotopic (exact) mass is 380 g/mol. The first-order chi connectivity index (χ1) is 13.5. The molecule has 0 N–H and O–H groups in total. The van der Waals surface area contributed by atoms with E-state index in [0.29, 0.717) is 49.8 Å². The highest BCUT2D eigenvalue weighted by Gasteiger charge is 2.24.